The molecule has 1 N–H and O–H groups in total. The number of fused-ring (bicyclic) bond motifs is 1. The molecule has 2 aromatic rings. The Morgan fingerprint density at radius 1 is 1.14 bits per heavy atom. The van der Waals surface area contributed by atoms with Crippen molar-refractivity contribution >= 4 is 16.8 Å². The van der Waals surface area contributed by atoms with E-state index >= 15 is 0 Å². The number of carbonyl (C=O) groups excluding carboxylic acids is 1. The maximum absolute atomic E-state index is 12.9. The van der Waals surface area contributed by atoms with E-state index in [2.05, 4.69) is 45.2 Å². The molecule has 3 heterocycles. The molecule has 1 amide bonds. The van der Waals surface area contributed by atoms with Crippen LogP contribution >= 0.6 is 0 Å². The van der Waals surface area contributed by atoms with E-state index in [0.717, 1.165) is 51.9 Å². The number of aromatic nitrogens is 1. The molecule has 0 radical (unpaired) electrons. The highest BCUT2D eigenvalue weighted by Crippen LogP contribution is 2.38. The molecule has 1 aromatic heterocycles. The van der Waals surface area contributed by atoms with Crippen LogP contribution in [0.2, 0.25) is 0 Å². The summed E-state index contributed by atoms with van der Waals surface area (Å²) in [5, 5.41) is 1.29. The number of nitrogens with zero attached hydrogens (tertiary/aromatic N) is 2. The van der Waals surface area contributed by atoms with E-state index in [9.17, 15) is 4.79 Å². The van der Waals surface area contributed by atoms with Crippen molar-refractivity contribution in [3.8, 4) is 0 Å². The molecule has 0 aliphatic carbocycles. The standard InChI is InChI=1S/C24H35N3O2/c1-29-18-17-27-15-6-12-24(27)11-5-14-26(16-13-24)23(28)10-4-7-20-19-25-22-9-3-2-8-21(20)22/h2-3,8-9,19,25H,4-7,10-18H2,1H3/t24-/m0/s1. The van der Waals surface area contributed by atoms with Crippen LogP contribution in [-0.2, 0) is 16.0 Å². The predicted octanol–water partition coefficient (Wildman–Crippen LogP) is 3.98. The van der Waals surface area contributed by atoms with Gasteiger partial charge in [0.15, 0.2) is 0 Å². The summed E-state index contributed by atoms with van der Waals surface area (Å²) >= 11 is 0. The number of amides is 1. The zero-order valence-corrected chi connectivity index (χ0v) is 17.8. The first-order valence-electron chi connectivity index (χ1n) is 11.3. The molecule has 29 heavy (non-hydrogen) atoms. The number of carbonyl (C=O) groups is 1. The fourth-order valence-electron chi connectivity index (χ4n) is 5.47. The van der Waals surface area contributed by atoms with E-state index in [-0.39, 0.29) is 0 Å². The Balaban J connectivity index is 1.28. The number of rotatable bonds is 7. The normalized spacial score (nSPS) is 23.1. The van der Waals surface area contributed by atoms with Crippen molar-refractivity contribution in [3.63, 3.8) is 0 Å². The second-order valence-corrected chi connectivity index (χ2v) is 8.76. The van der Waals surface area contributed by atoms with Crippen molar-refractivity contribution in [2.75, 3.05) is 39.9 Å². The van der Waals surface area contributed by atoms with Gasteiger partial charge in [-0.25, -0.2) is 0 Å². The maximum Gasteiger partial charge on any atom is 0.222 e. The molecule has 2 fully saturated rings. The van der Waals surface area contributed by atoms with Crippen LogP contribution in [0.25, 0.3) is 10.9 Å². The van der Waals surface area contributed by atoms with Crippen LogP contribution in [0.3, 0.4) is 0 Å². The summed E-state index contributed by atoms with van der Waals surface area (Å²) in [6.07, 6.45) is 10.6. The quantitative estimate of drug-likeness (QED) is 0.769. The van der Waals surface area contributed by atoms with Crippen LogP contribution in [0.5, 0.6) is 0 Å². The Morgan fingerprint density at radius 2 is 1.97 bits per heavy atom. The van der Waals surface area contributed by atoms with Crippen molar-refractivity contribution in [1.29, 1.82) is 0 Å². The van der Waals surface area contributed by atoms with Crippen LogP contribution in [0, 0.1) is 0 Å². The van der Waals surface area contributed by atoms with Crippen LogP contribution in [0.15, 0.2) is 30.5 Å². The number of benzene rings is 1. The molecule has 5 nitrogen and oxygen atoms in total. The molecule has 0 unspecified atom stereocenters. The average Bonchev–Trinajstić information content (AvgIpc) is 3.25. The lowest BCUT2D eigenvalue weighted by molar-refractivity contribution is -0.131. The summed E-state index contributed by atoms with van der Waals surface area (Å²) in [6.45, 7) is 4.84. The minimum absolute atomic E-state index is 0.303. The molecule has 0 bridgehead atoms. The van der Waals surface area contributed by atoms with Gasteiger partial charge >= 0.3 is 0 Å². The average molecular weight is 398 g/mol. The fourth-order valence-corrected chi connectivity index (χ4v) is 5.47. The highest BCUT2D eigenvalue weighted by atomic mass is 16.5. The lowest BCUT2D eigenvalue weighted by Crippen LogP contribution is -2.46. The van der Waals surface area contributed by atoms with E-state index < -0.39 is 0 Å². The van der Waals surface area contributed by atoms with Gasteiger partial charge in [0.2, 0.25) is 5.91 Å². The van der Waals surface area contributed by atoms with Crippen LogP contribution in [0.4, 0.5) is 0 Å². The van der Waals surface area contributed by atoms with E-state index in [1.807, 2.05) is 0 Å². The molecular formula is C24H35N3O2. The first-order valence-corrected chi connectivity index (χ1v) is 11.3. The smallest absolute Gasteiger partial charge is 0.222 e. The van der Waals surface area contributed by atoms with Gasteiger partial charge in [-0.15, -0.1) is 0 Å². The molecule has 2 aliphatic heterocycles. The number of para-hydroxylation sites is 1. The maximum atomic E-state index is 12.9. The number of methoxy groups -OCH3 is 1. The van der Waals surface area contributed by atoms with Gasteiger partial charge in [-0.2, -0.15) is 0 Å². The molecule has 1 atom stereocenters. The zero-order chi connectivity index (χ0) is 20.1. The Morgan fingerprint density at radius 3 is 2.83 bits per heavy atom. The lowest BCUT2D eigenvalue weighted by atomic mass is 9.88. The van der Waals surface area contributed by atoms with E-state index in [1.54, 1.807) is 7.11 Å². The molecular weight excluding hydrogens is 362 g/mol. The SMILES string of the molecule is COCCN1CCC[C@]12CCCN(C(=O)CCCc1c[nH]c3ccccc13)CC2. The van der Waals surface area contributed by atoms with Crippen molar-refractivity contribution in [2.45, 2.75) is 56.9 Å². The third-order valence-corrected chi connectivity index (χ3v) is 7.09. The van der Waals surface area contributed by atoms with Crippen molar-refractivity contribution < 1.29 is 9.53 Å². The van der Waals surface area contributed by atoms with Crippen LogP contribution < -0.4 is 0 Å². The number of hydrogen-bond donors (Lipinski definition) is 1. The van der Waals surface area contributed by atoms with Gasteiger partial charge in [0.05, 0.1) is 6.61 Å². The van der Waals surface area contributed by atoms with Crippen molar-refractivity contribution in [1.82, 2.24) is 14.8 Å². The number of H-pyrrole nitrogens is 1. The van der Waals surface area contributed by atoms with Crippen LogP contribution in [-0.4, -0.2) is 66.1 Å². The Labute approximate surface area is 174 Å². The van der Waals surface area contributed by atoms with Gasteiger partial charge in [0.25, 0.3) is 0 Å². The Kier molecular flexibility index (Phi) is 6.56. The molecule has 2 saturated heterocycles. The van der Waals surface area contributed by atoms with Crippen LogP contribution in [0.1, 0.15) is 50.5 Å². The van der Waals surface area contributed by atoms with Gasteiger partial charge in [-0.3, -0.25) is 9.69 Å². The third-order valence-electron chi connectivity index (χ3n) is 7.09. The molecule has 4 rings (SSSR count). The highest BCUT2D eigenvalue weighted by Gasteiger charge is 2.41. The lowest BCUT2D eigenvalue weighted by Gasteiger charge is -2.38. The van der Waals surface area contributed by atoms with Gasteiger partial charge < -0.3 is 14.6 Å². The second-order valence-electron chi connectivity index (χ2n) is 8.76. The first-order chi connectivity index (χ1) is 14.2. The summed E-state index contributed by atoms with van der Waals surface area (Å²) in [6, 6.07) is 8.40. The summed E-state index contributed by atoms with van der Waals surface area (Å²) in [4.78, 5) is 21.0. The molecule has 1 aromatic carbocycles. The third kappa shape index (κ3) is 4.51. The summed E-state index contributed by atoms with van der Waals surface area (Å²) in [7, 11) is 1.78. The molecule has 5 heteroatoms. The number of ether oxygens (including phenoxy) is 1. The fraction of sp³-hybridized carbons (Fsp3) is 0.625. The minimum Gasteiger partial charge on any atom is -0.383 e. The second kappa shape index (κ2) is 9.31. The van der Waals surface area contributed by atoms with Crippen molar-refractivity contribution in [3.05, 3.63) is 36.0 Å². The van der Waals surface area contributed by atoms with Gasteiger partial charge in [-0.05, 0) is 63.1 Å². The molecule has 2 aliphatic rings. The number of nitrogens with one attached hydrogen (secondary N) is 1. The Hall–Kier alpha value is -1.85. The van der Waals surface area contributed by atoms with Gasteiger partial charge in [-0.1, -0.05) is 18.2 Å². The predicted molar refractivity (Wildman–Crippen MR) is 117 cm³/mol. The van der Waals surface area contributed by atoms with Gasteiger partial charge in [0, 0.05) is 55.8 Å². The summed E-state index contributed by atoms with van der Waals surface area (Å²) in [5.74, 6) is 0.336. The first kappa shape index (κ1) is 20.4. The number of likely N-dealkylation sites (tertiary alicyclic amines) is 2. The minimum atomic E-state index is 0.303. The van der Waals surface area contributed by atoms with Gasteiger partial charge in [0.1, 0.15) is 0 Å². The number of hydrogen-bond acceptors (Lipinski definition) is 3. The van der Waals surface area contributed by atoms with Crippen molar-refractivity contribution in [2.24, 2.45) is 0 Å². The Bertz CT molecular complexity index is 817. The zero-order valence-electron chi connectivity index (χ0n) is 17.8. The van der Waals surface area contributed by atoms with E-state index in [0.29, 0.717) is 17.9 Å². The summed E-state index contributed by atoms with van der Waals surface area (Å²) < 4.78 is 5.32. The molecule has 0 saturated carbocycles. The van der Waals surface area contributed by atoms with E-state index in [1.165, 1.54) is 42.3 Å². The number of aryl methyl sites for hydroxylation is 1. The molecule has 158 valence electrons. The summed E-state index contributed by atoms with van der Waals surface area (Å²) in [5.41, 5.74) is 2.81. The number of aromatic amines is 1. The molecule has 1 spiro atoms. The van der Waals surface area contributed by atoms with E-state index in [4.69, 9.17) is 4.74 Å². The topological polar surface area (TPSA) is 48.6 Å². The largest absolute Gasteiger partial charge is 0.383 e. The highest BCUT2D eigenvalue weighted by molar-refractivity contribution is 5.83. The monoisotopic (exact) mass is 397 g/mol.